The highest BCUT2D eigenvalue weighted by Crippen LogP contribution is 2.27. The van der Waals surface area contributed by atoms with E-state index >= 15 is 0 Å². The maximum absolute atomic E-state index is 13.3. The summed E-state index contributed by atoms with van der Waals surface area (Å²) in [6.45, 7) is -0.0350. The Bertz CT molecular complexity index is 1620. The fourth-order valence-electron chi connectivity index (χ4n) is 3.93. The van der Waals surface area contributed by atoms with E-state index in [1.807, 2.05) is 4.72 Å². The smallest absolute Gasteiger partial charge is 0.422 e. The lowest BCUT2D eigenvalue weighted by Crippen LogP contribution is -2.36. The van der Waals surface area contributed by atoms with Crippen LogP contribution in [0, 0.1) is 0 Å². The molecule has 11 nitrogen and oxygen atoms in total. The molecule has 2 amide bonds. The maximum Gasteiger partial charge on any atom is 0.422 e. The third-order valence-corrected chi connectivity index (χ3v) is 7.27. The predicted molar refractivity (Wildman–Crippen MR) is 154 cm³/mol. The third-order valence-electron chi connectivity index (χ3n) is 6.02. The van der Waals surface area contributed by atoms with Crippen LogP contribution in [0.25, 0.3) is 11.1 Å². The van der Waals surface area contributed by atoms with Crippen molar-refractivity contribution >= 4 is 28.2 Å². The first-order chi connectivity index (χ1) is 20.3. The van der Waals surface area contributed by atoms with Crippen LogP contribution in [0.1, 0.15) is 38.4 Å². The number of nitrogens with one attached hydrogen (secondary N) is 2. The summed E-state index contributed by atoms with van der Waals surface area (Å²) < 4.78 is 39.4. The zero-order valence-corrected chi connectivity index (χ0v) is 23.3. The Labute approximate surface area is 242 Å². The zero-order valence-electron chi connectivity index (χ0n) is 22.4. The van der Waals surface area contributed by atoms with Crippen molar-refractivity contribution in [2.45, 2.75) is 19.6 Å². The van der Waals surface area contributed by atoms with Gasteiger partial charge < -0.3 is 19.9 Å². The topological polar surface area (TPSA) is 153 Å². The summed E-state index contributed by atoms with van der Waals surface area (Å²) in [5.74, 6) is -1.30. The third kappa shape index (κ3) is 7.83. The van der Waals surface area contributed by atoms with Crippen LogP contribution in [0.4, 0.5) is 4.79 Å². The van der Waals surface area contributed by atoms with Crippen LogP contribution in [0.2, 0.25) is 0 Å². The summed E-state index contributed by atoms with van der Waals surface area (Å²) >= 11 is 0. The molecule has 0 spiro atoms. The summed E-state index contributed by atoms with van der Waals surface area (Å²) in [6, 6.07) is 25.1. The van der Waals surface area contributed by atoms with Crippen LogP contribution in [0.15, 0.2) is 97.2 Å². The molecule has 0 atom stereocenters. The van der Waals surface area contributed by atoms with Gasteiger partial charge in [0.15, 0.2) is 5.69 Å². The van der Waals surface area contributed by atoms with Crippen molar-refractivity contribution < 1.29 is 37.4 Å². The molecule has 42 heavy (non-hydrogen) atoms. The van der Waals surface area contributed by atoms with Gasteiger partial charge >= 0.3 is 22.3 Å². The average molecular weight is 592 g/mol. The summed E-state index contributed by atoms with van der Waals surface area (Å²) in [6.07, 6.45) is 0.305. The van der Waals surface area contributed by atoms with Crippen molar-refractivity contribution in [3.63, 3.8) is 0 Å². The fourth-order valence-corrected chi connectivity index (χ4v) is 4.93. The molecule has 0 fully saturated rings. The van der Waals surface area contributed by atoms with Gasteiger partial charge in [0.05, 0.1) is 0 Å². The Morgan fingerprint density at radius 2 is 1.38 bits per heavy atom. The summed E-state index contributed by atoms with van der Waals surface area (Å²) in [7, 11) is -4.64. The molecular formula is C30H29N3O8S. The molecule has 1 heterocycles. The minimum absolute atomic E-state index is 0.0537. The van der Waals surface area contributed by atoms with Gasteiger partial charge in [0.2, 0.25) is 0 Å². The van der Waals surface area contributed by atoms with Crippen molar-refractivity contribution in [1.82, 2.24) is 14.0 Å². The average Bonchev–Trinajstić information content (AvgIpc) is 3.46. The van der Waals surface area contributed by atoms with E-state index in [0.717, 1.165) is 6.20 Å². The molecular weight excluding hydrogens is 562 g/mol. The van der Waals surface area contributed by atoms with E-state index in [1.165, 1.54) is 18.2 Å². The number of benzene rings is 3. The van der Waals surface area contributed by atoms with Gasteiger partial charge in [-0.15, -0.1) is 0 Å². The molecule has 12 heteroatoms. The Morgan fingerprint density at radius 1 is 0.786 bits per heavy atom. The summed E-state index contributed by atoms with van der Waals surface area (Å²) in [5.41, 5.74) is 1.95. The van der Waals surface area contributed by atoms with Crippen molar-refractivity contribution in [2.24, 2.45) is 0 Å². The molecule has 0 saturated carbocycles. The fraction of sp³-hybridized carbons (Fsp3) is 0.167. The van der Waals surface area contributed by atoms with Crippen molar-refractivity contribution in [2.75, 3.05) is 13.2 Å². The van der Waals surface area contributed by atoms with Crippen LogP contribution >= 0.6 is 0 Å². The lowest BCUT2D eigenvalue weighted by molar-refractivity contribution is 0.0465. The van der Waals surface area contributed by atoms with Crippen LogP contribution in [0.3, 0.4) is 0 Å². The summed E-state index contributed by atoms with van der Waals surface area (Å²) in [4.78, 5) is 38.0. The number of ether oxygens (including phenoxy) is 2. The number of carbonyl (C=O) groups is 3. The summed E-state index contributed by atoms with van der Waals surface area (Å²) in [5, 5.41) is 11.6. The number of hydrogen-bond donors (Lipinski definition) is 3. The molecule has 3 aromatic carbocycles. The molecule has 0 aliphatic heterocycles. The number of nitrogens with zero attached hydrogens (tertiary/aromatic N) is 1. The van der Waals surface area contributed by atoms with Crippen LogP contribution in [-0.2, 0) is 32.9 Å². The SMILES string of the molecule is O=C(NS(=O)(=O)n1ccc(-c2ccc(C(=O)NCCCO)cc2)c1C(=O)OCc1ccccc1)OCc1ccccc1. The standard InChI is InChI=1S/C30H29N3O8S/c34-19-7-17-31-28(35)25-14-12-24(13-15-25)26-16-18-33(27(26)29(36)40-20-22-8-3-1-4-9-22)42(38,39)32-30(37)41-21-23-10-5-2-6-11-23/h1-6,8-16,18,34H,7,17,19-21H2,(H,31,35)(H,32,37). The maximum atomic E-state index is 13.3. The molecule has 0 unspecified atom stereocenters. The zero-order chi connectivity index (χ0) is 30.0. The van der Waals surface area contributed by atoms with Gasteiger partial charge in [-0.05, 0) is 41.3 Å². The van der Waals surface area contributed by atoms with Gasteiger partial charge in [0.25, 0.3) is 5.91 Å². The molecule has 0 aliphatic carbocycles. The molecule has 3 N–H and O–H groups in total. The van der Waals surface area contributed by atoms with Crippen LogP contribution in [-0.4, -0.2) is 48.6 Å². The second-order valence-corrected chi connectivity index (χ2v) is 10.6. The Morgan fingerprint density at radius 3 is 1.98 bits per heavy atom. The number of rotatable bonds is 12. The lowest BCUT2D eigenvalue weighted by Gasteiger charge is -2.13. The molecule has 0 aliphatic rings. The van der Waals surface area contributed by atoms with Crippen LogP contribution < -0.4 is 10.0 Å². The number of hydrogen-bond acceptors (Lipinski definition) is 8. The first-order valence-corrected chi connectivity index (χ1v) is 14.4. The first-order valence-electron chi connectivity index (χ1n) is 12.9. The minimum atomic E-state index is -4.64. The molecule has 218 valence electrons. The van der Waals surface area contributed by atoms with Crippen molar-refractivity contribution in [3.05, 3.63) is 120 Å². The van der Waals surface area contributed by atoms with Gasteiger partial charge in [-0.2, -0.15) is 8.42 Å². The van der Waals surface area contributed by atoms with Gasteiger partial charge in [-0.25, -0.2) is 18.3 Å². The second-order valence-electron chi connectivity index (χ2n) is 9.01. The highest BCUT2D eigenvalue weighted by Gasteiger charge is 2.28. The Kier molecular flexibility index (Phi) is 10.1. The van der Waals surface area contributed by atoms with Crippen molar-refractivity contribution in [3.8, 4) is 11.1 Å². The van der Waals surface area contributed by atoms with E-state index in [1.54, 1.807) is 72.8 Å². The lowest BCUT2D eigenvalue weighted by atomic mass is 10.0. The Hall–Kier alpha value is -4.94. The number of carbonyl (C=O) groups excluding carboxylic acids is 3. The Balaban J connectivity index is 1.59. The number of aromatic nitrogens is 1. The molecule has 0 saturated heterocycles. The van der Waals surface area contributed by atoms with Crippen LogP contribution in [0.5, 0.6) is 0 Å². The van der Waals surface area contributed by atoms with Gasteiger partial charge in [-0.1, -0.05) is 72.8 Å². The first kappa shape index (κ1) is 30.0. The van der Waals surface area contributed by atoms with E-state index in [-0.39, 0.29) is 37.0 Å². The highest BCUT2D eigenvalue weighted by molar-refractivity contribution is 7.88. The van der Waals surface area contributed by atoms with Gasteiger partial charge in [-0.3, -0.25) is 4.79 Å². The van der Waals surface area contributed by atoms with E-state index in [0.29, 0.717) is 39.2 Å². The monoisotopic (exact) mass is 591 g/mol. The minimum Gasteiger partial charge on any atom is -0.456 e. The number of aliphatic hydroxyl groups excluding tert-OH is 1. The van der Waals surface area contributed by atoms with E-state index in [4.69, 9.17) is 14.6 Å². The van der Waals surface area contributed by atoms with Crippen molar-refractivity contribution in [1.29, 1.82) is 0 Å². The molecule has 0 bridgehead atoms. The highest BCUT2D eigenvalue weighted by atomic mass is 32.2. The van der Waals surface area contributed by atoms with E-state index in [9.17, 15) is 22.8 Å². The molecule has 0 radical (unpaired) electrons. The molecule has 4 aromatic rings. The predicted octanol–water partition coefficient (Wildman–Crippen LogP) is 3.64. The largest absolute Gasteiger partial charge is 0.456 e. The van der Waals surface area contributed by atoms with E-state index in [2.05, 4.69) is 5.32 Å². The second kappa shape index (κ2) is 14.1. The van der Waals surface area contributed by atoms with Gasteiger partial charge in [0, 0.05) is 30.5 Å². The number of amides is 2. The number of aliphatic hydroxyl groups is 1. The quantitative estimate of drug-likeness (QED) is 0.167. The molecule has 4 rings (SSSR count). The van der Waals surface area contributed by atoms with E-state index < -0.39 is 22.3 Å². The van der Waals surface area contributed by atoms with Gasteiger partial charge in [0.1, 0.15) is 13.2 Å². The molecule has 1 aromatic heterocycles. The normalized spacial score (nSPS) is 11.0. The number of esters is 1.